The second kappa shape index (κ2) is 7.07. The number of hydrogen-bond acceptors (Lipinski definition) is 4. The maximum Gasteiger partial charge on any atom is 0.220 e. The Morgan fingerprint density at radius 3 is 2.61 bits per heavy atom. The molecule has 1 atom stereocenters. The summed E-state index contributed by atoms with van der Waals surface area (Å²) in [7, 11) is 0. The van der Waals surface area contributed by atoms with Crippen molar-refractivity contribution in [3.63, 3.8) is 0 Å². The van der Waals surface area contributed by atoms with Crippen molar-refractivity contribution in [3.8, 4) is 0 Å². The summed E-state index contributed by atoms with van der Waals surface area (Å²) in [4.78, 5) is 13.7. The van der Waals surface area contributed by atoms with E-state index in [2.05, 4.69) is 10.2 Å². The van der Waals surface area contributed by atoms with Crippen molar-refractivity contribution in [2.75, 3.05) is 39.4 Å². The predicted molar refractivity (Wildman–Crippen MR) is 70.3 cm³/mol. The van der Waals surface area contributed by atoms with Gasteiger partial charge in [-0.05, 0) is 12.8 Å². The Balaban J connectivity index is 2.27. The molecule has 1 heterocycles. The summed E-state index contributed by atoms with van der Waals surface area (Å²) in [6.45, 7) is 9.76. The Labute approximate surface area is 109 Å². The average molecular weight is 258 g/mol. The molecule has 2 N–H and O–H groups in total. The highest BCUT2D eigenvalue weighted by atomic mass is 16.5. The van der Waals surface area contributed by atoms with Gasteiger partial charge in [-0.1, -0.05) is 13.8 Å². The largest absolute Gasteiger partial charge is 0.387 e. The van der Waals surface area contributed by atoms with Crippen LogP contribution in [-0.2, 0) is 9.53 Å². The zero-order valence-corrected chi connectivity index (χ0v) is 11.7. The Morgan fingerprint density at radius 2 is 2.06 bits per heavy atom. The molecule has 0 saturated carbocycles. The molecule has 5 nitrogen and oxygen atoms in total. The third kappa shape index (κ3) is 6.33. The zero-order chi connectivity index (χ0) is 13.6. The third-order valence-electron chi connectivity index (χ3n) is 2.93. The summed E-state index contributed by atoms with van der Waals surface area (Å²) in [6, 6.07) is 0. The molecule has 18 heavy (non-hydrogen) atoms. The van der Waals surface area contributed by atoms with Crippen molar-refractivity contribution in [1.82, 2.24) is 10.2 Å². The molecule has 1 aliphatic heterocycles. The van der Waals surface area contributed by atoms with E-state index >= 15 is 0 Å². The molecule has 0 aliphatic carbocycles. The fourth-order valence-electron chi connectivity index (χ4n) is 2.03. The van der Waals surface area contributed by atoms with Crippen molar-refractivity contribution in [1.29, 1.82) is 0 Å². The van der Waals surface area contributed by atoms with E-state index in [9.17, 15) is 9.90 Å². The number of morpholine rings is 1. The number of ether oxygens (including phenoxy) is 1. The number of aliphatic hydroxyl groups is 1. The SMILES string of the molecule is CC(C)CC(=O)NCC(C)(O)CN1CCOCC1. The summed E-state index contributed by atoms with van der Waals surface area (Å²) in [6.07, 6.45) is 0.508. The van der Waals surface area contributed by atoms with E-state index in [-0.39, 0.29) is 5.91 Å². The van der Waals surface area contributed by atoms with E-state index in [0.717, 1.165) is 26.3 Å². The van der Waals surface area contributed by atoms with E-state index < -0.39 is 5.60 Å². The minimum absolute atomic E-state index is 0.00672. The van der Waals surface area contributed by atoms with Crippen LogP contribution in [0.3, 0.4) is 0 Å². The van der Waals surface area contributed by atoms with Crippen LogP contribution in [0.2, 0.25) is 0 Å². The summed E-state index contributed by atoms with van der Waals surface area (Å²) in [5.74, 6) is 0.349. The third-order valence-corrected chi connectivity index (χ3v) is 2.93. The number of amides is 1. The molecule has 0 aromatic heterocycles. The van der Waals surface area contributed by atoms with Gasteiger partial charge < -0.3 is 15.2 Å². The quantitative estimate of drug-likeness (QED) is 0.716. The number of rotatable bonds is 6. The number of nitrogens with zero attached hydrogens (tertiary/aromatic N) is 1. The van der Waals surface area contributed by atoms with E-state index in [1.54, 1.807) is 6.92 Å². The van der Waals surface area contributed by atoms with Crippen LogP contribution in [-0.4, -0.2) is 60.9 Å². The van der Waals surface area contributed by atoms with Gasteiger partial charge in [-0.2, -0.15) is 0 Å². The molecular formula is C13H26N2O3. The Morgan fingerprint density at radius 1 is 1.44 bits per heavy atom. The molecular weight excluding hydrogens is 232 g/mol. The first-order valence-electron chi connectivity index (χ1n) is 6.68. The van der Waals surface area contributed by atoms with Crippen LogP contribution in [0.1, 0.15) is 27.2 Å². The lowest BCUT2D eigenvalue weighted by molar-refractivity contribution is -0.123. The van der Waals surface area contributed by atoms with Gasteiger partial charge in [0.1, 0.15) is 0 Å². The van der Waals surface area contributed by atoms with Crippen molar-refractivity contribution >= 4 is 5.91 Å². The van der Waals surface area contributed by atoms with Crippen LogP contribution < -0.4 is 5.32 Å². The standard InChI is InChI=1S/C13H26N2O3/c1-11(2)8-12(16)14-9-13(3,17)10-15-4-6-18-7-5-15/h11,17H,4-10H2,1-3H3,(H,14,16). The van der Waals surface area contributed by atoms with E-state index in [4.69, 9.17) is 4.74 Å². The van der Waals surface area contributed by atoms with Gasteiger partial charge >= 0.3 is 0 Å². The van der Waals surface area contributed by atoms with Crippen molar-refractivity contribution in [3.05, 3.63) is 0 Å². The normalized spacial score (nSPS) is 20.7. The highest BCUT2D eigenvalue weighted by Gasteiger charge is 2.25. The maximum absolute atomic E-state index is 11.5. The second-order valence-corrected chi connectivity index (χ2v) is 5.76. The number of carbonyl (C=O) groups is 1. The minimum Gasteiger partial charge on any atom is -0.387 e. The Hall–Kier alpha value is -0.650. The van der Waals surface area contributed by atoms with Gasteiger partial charge in [0.05, 0.1) is 18.8 Å². The highest BCUT2D eigenvalue weighted by molar-refractivity contribution is 5.76. The zero-order valence-electron chi connectivity index (χ0n) is 11.7. The number of carbonyl (C=O) groups excluding carboxylic acids is 1. The van der Waals surface area contributed by atoms with Crippen molar-refractivity contribution < 1.29 is 14.6 Å². The van der Waals surface area contributed by atoms with Gasteiger partial charge in [0.25, 0.3) is 0 Å². The molecule has 1 amide bonds. The molecule has 1 aliphatic rings. The molecule has 1 unspecified atom stereocenters. The van der Waals surface area contributed by atoms with Crippen LogP contribution in [0.25, 0.3) is 0 Å². The van der Waals surface area contributed by atoms with Crippen LogP contribution in [0.4, 0.5) is 0 Å². The lowest BCUT2D eigenvalue weighted by Gasteiger charge is -2.33. The van der Waals surface area contributed by atoms with E-state index in [0.29, 0.717) is 25.4 Å². The smallest absolute Gasteiger partial charge is 0.220 e. The highest BCUT2D eigenvalue weighted by Crippen LogP contribution is 2.08. The molecule has 0 aromatic carbocycles. The van der Waals surface area contributed by atoms with Crippen molar-refractivity contribution in [2.45, 2.75) is 32.8 Å². The summed E-state index contributed by atoms with van der Waals surface area (Å²) in [5, 5.41) is 13.0. The number of β-amino-alcohol motifs (C(OH)–C–C–N with tert-alkyl or cyclic N) is 1. The average Bonchev–Trinajstić information content (AvgIpc) is 2.26. The summed E-state index contributed by atoms with van der Waals surface area (Å²) in [5.41, 5.74) is -0.885. The van der Waals surface area contributed by atoms with E-state index in [1.165, 1.54) is 0 Å². The van der Waals surface area contributed by atoms with Crippen molar-refractivity contribution in [2.24, 2.45) is 5.92 Å². The summed E-state index contributed by atoms with van der Waals surface area (Å²) >= 11 is 0. The molecule has 0 spiro atoms. The summed E-state index contributed by atoms with van der Waals surface area (Å²) < 4.78 is 5.26. The Bertz CT molecular complexity index is 261. The molecule has 106 valence electrons. The fourth-order valence-corrected chi connectivity index (χ4v) is 2.03. The van der Waals surface area contributed by atoms with Gasteiger partial charge in [0, 0.05) is 32.6 Å². The van der Waals surface area contributed by atoms with Gasteiger partial charge in [-0.25, -0.2) is 0 Å². The molecule has 0 radical (unpaired) electrons. The van der Waals surface area contributed by atoms with Crippen LogP contribution in [0.15, 0.2) is 0 Å². The minimum atomic E-state index is -0.885. The number of nitrogens with one attached hydrogen (secondary N) is 1. The van der Waals surface area contributed by atoms with Gasteiger partial charge in [-0.15, -0.1) is 0 Å². The molecule has 0 aromatic rings. The van der Waals surface area contributed by atoms with Crippen LogP contribution in [0.5, 0.6) is 0 Å². The lowest BCUT2D eigenvalue weighted by Crippen LogP contribution is -2.51. The molecule has 1 saturated heterocycles. The number of hydrogen-bond donors (Lipinski definition) is 2. The maximum atomic E-state index is 11.5. The molecule has 5 heteroatoms. The van der Waals surface area contributed by atoms with E-state index in [1.807, 2.05) is 13.8 Å². The first-order valence-corrected chi connectivity index (χ1v) is 6.68. The van der Waals surface area contributed by atoms with Gasteiger partial charge in [-0.3, -0.25) is 9.69 Å². The fraction of sp³-hybridized carbons (Fsp3) is 0.923. The second-order valence-electron chi connectivity index (χ2n) is 5.76. The molecule has 1 rings (SSSR count). The monoisotopic (exact) mass is 258 g/mol. The Kier molecular flexibility index (Phi) is 6.05. The molecule has 1 fully saturated rings. The van der Waals surface area contributed by atoms with Gasteiger partial charge in [0.2, 0.25) is 5.91 Å². The first-order chi connectivity index (χ1) is 8.39. The predicted octanol–water partition coefficient (Wildman–Crippen LogP) is 0.232. The van der Waals surface area contributed by atoms with Crippen LogP contribution >= 0.6 is 0 Å². The van der Waals surface area contributed by atoms with Gasteiger partial charge in [0.15, 0.2) is 0 Å². The first kappa shape index (κ1) is 15.4. The topological polar surface area (TPSA) is 61.8 Å². The molecule has 0 bridgehead atoms. The lowest BCUT2D eigenvalue weighted by atomic mass is 10.1. The van der Waals surface area contributed by atoms with Crippen LogP contribution in [0, 0.1) is 5.92 Å².